The molecule has 10 heteroatoms. The van der Waals surface area contributed by atoms with Crippen LogP contribution in [0.4, 0.5) is 10.5 Å². The maximum atomic E-state index is 12.5. The zero-order valence-corrected chi connectivity index (χ0v) is 16.8. The van der Waals surface area contributed by atoms with Crippen LogP contribution in [0, 0.1) is 6.92 Å². The minimum absolute atomic E-state index is 0.265. The van der Waals surface area contributed by atoms with Crippen molar-refractivity contribution in [2.24, 2.45) is 0 Å². The first-order valence-electron chi connectivity index (χ1n) is 8.50. The molecule has 0 radical (unpaired) electrons. The van der Waals surface area contributed by atoms with Crippen molar-refractivity contribution in [3.8, 4) is 0 Å². The van der Waals surface area contributed by atoms with Gasteiger partial charge in [-0.25, -0.2) is 13.2 Å². The molecule has 3 rings (SSSR count). The molecule has 0 bridgehead atoms. The molecule has 1 aliphatic heterocycles. The molecular formula is C17H22ClN5O3S. The van der Waals surface area contributed by atoms with E-state index < -0.39 is 10.0 Å². The van der Waals surface area contributed by atoms with Gasteiger partial charge in [-0.3, -0.25) is 9.62 Å². The molecule has 0 atom stereocenters. The Hall–Kier alpha value is -2.10. The zero-order chi connectivity index (χ0) is 19.6. The van der Waals surface area contributed by atoms with Crippen LogP contribution in [0.5, 0.6) is 0 Å². The van der Waals surface area contributed by atoms with Crippen molar-refractivity contribution in [3.05, 3.63) is 46.7 Å². The lowest BCUT2D eigenvalue weighted by Crippen LogP contribution is -2.49. The molecule has 0 saturated carbocycles. The van der Waals surface area contributed by atoms with Gasteiger partial charge >= 0.3 is 6.03 Å². The summed E-state index contributed by atoms with van der Waals surface area (Å²) in [5, 5.41) is 4.68. The van der Waals surface area contributed by atoms with Crippen LogP contribution in [0.15, 0.2) is 30.6 Å². The molecular weight excluding hydrogens is 390 g/mol. The van der Waals surface area contributed by atoms with Crippen molar-refractivity contribution in [2.45, 2.75) is 13.5 Å². The second-order valence-electron chi connectivity index (χ2n) is 6.73. The highest BCUT2D eigenvalue weighted by Gasteiger charge is 2.23. The molecule has 8 nitrogen and oxygen atoms in total. The fourth-order valence-electron chi connectivity index (χ4n) is 3.10. The smallest absolute Gasteiger partial charge is 0.320 e. The fourth-order valence-corrected chi connectivity index (χ4v) is 3.94. The number of sulfonamides is 1. The van der Waals surface area contributed by atoms with E-state index in [4.69, 9.17) is 11.6 Å². The molecule has 1 saturated heterocycles. The first kappa shape index (κ1) is 19.7. The number of carbonyl (C=O) groups is 1. The molecule has 1 aromatic heterocycles. The van der Waals surface area contributed by atoms with Crippen LogP contribution in [-0.2, 0) is 16.6 Å². The van der Waals surface area contributed by atoms with Crippen molar-refractivity contribution >= 4 is 33.3 Å². The van der Waals surface area contributed by atoms with Gasteiger partial charge in [0.2, 0.25) is 10.0 Å². The predicted molar refractivity (Wildman–Crippen MR) is 105 cm³/mol. The number of carbonyl (C=O) groups excluding carboxylic acids is 1. The summed E-state index contributed by atoms with van der Waals surface area (Å²) >= 11 is 6.12. The summed E-state index contributed by atoms with van der Waals surface area (Å²) in [6, 6.07) is 5.74. The molecule has 146 valence electrons. The number of hydrogen-bond acceptors (Lipinski definition) is 5. The van der Waals surface area contributed by atoms with Gasteiger partial charge in [0.1, 0.15) is 0 Å². The largest absolute Gasteiger partial charge is 0.344 e. The molecule has 1 aliphatic rings. The van der Waals surface area contributed by atoms with Gasteiger partial charge in [-0.2, -0.15) is 9.78 Å². The van der Waals surface area contributed by atoms with Crippen LogP contribution in [-0.4, -0.2) is 66.5 Å². The highest BCUT2D eigenvalue weighted by Crippen LogP contribution is 2.17. The number of halogens is 1. The molecule has 1 aromatic carbocycles. The normalized spacial score (nSPS) is 15.7. The number of anilines is 1. The second-order valence-corrected chi connectivity index (χ2v) is 8.92. The number of benzene rings is 1. The van der Waals surface area contributed by atoms with Crippen molar-refractivity contribution in [1.29, 1.82) is 0 Å². The van der Waals surface area contributed by atoms with Gasteiger partial charge in [0.15, 0.2) is 0 Å². The SMILES string of the molecule is Cc1cc(Cl)cc(CN2CCN(C(=O)n3cc(NS(C)(=O)=O)cn3)CC2)c1. The molecule has 0 aliphatic carbocycles. The Morgan fingerprint density at radius 3 is 2.56 bits per heavy atom. The summed E-state index contributed by atoms with van der Waals surface area (Å²) in [5.41, 5.74) is 2.55. The van der Waals surface area contributed by atoms with Gasteiger partial charge in [0.05, 0.1) is 24.3 Å². The van der Waals surface area contributed by atoms with Gasteiger partial charge in [-0.1, -0.05) is 17.7 Å². The Labute approximate surface area is 163 Å². The zero-order valence-electron chi connectivity index (χ0n) is 15.2. The van der Waals surface area contributed by atoms with Crippen molar-refractivity contribution in [3.63, 3.8) is 0 Å². The van der Waals surface area contributed by atoms with E-state index in [-0.39, 0.29) is 11.7 Å². The Kier molecular flexibility index (Phi) is 5.73. The summed E-state index contributed by atoms with van der Waals surface area (Å²) in [4.78, 5) is 16.5. The number of nitrogens with zero attached hydrogens (tertiary/aromatic N) is 4. The van der Waals surface area contributed by atoms with E-state index in [9.17, 15) is 13.2 Å². The summed E-state index contributed by atoms with van der Waals surface area (Å²) in [7, 11) is -3.40. The van der Waals surface area contributed by atoms with E-state index in [0.29, 0.717) is 13.1 Å². The summed E-state index contributed by atoms with van der Waals surface area (Å²) < 4.78 is 26.0. The number of aryl methyl sites for hydroxylation is 1. The minimum atomic E-state index is -3.40. The van der Waals surface area contributed by atoms with Gasteiger partial charge in [-0.15, -0.1) is 0 Å². The molecule has 27 heavy (non-hydrogen) atoms. The third-order valence-electron chi connectivity index (χ3n) is 4.23. The molecule has 1 amide bonds. The highest BCUT2D eigenvalue weighted by molar-refractivity contribution is 7.92. The average molecular weight is 412 g/mol. The summed E-state index contributed by atoms with van der Waals surface area (Å²) in [5.74, 6) is 0. The molecule has 2 aromatic rings. The fraction of sp³-hybridized carbons (Fsp3) is 0.412. The third-order valence-corrected chi connectivity index (χ3v) is 5.06. The lowest BCUT2D eigenvalue weighted by atomic mass is 10.1. The Balaban J connectivity index is 1.56. The maximum Gasteiger partial charge on any atom is 0.344 e. The van der Waals surface area contributed by atoms with Crippen molar-refractivity contribution in [2.75, 3.05) is 37.2 Å². The Morgan fingerprint density at radius 2 is 1.93 bits per heavy atom. The molecule has 0 unspecified atom stereocenters. The molecule has 1 N–H and O–H groups in total. The number of rotatable bonds is 4. The molecule has 0 spiro atoms. The third kappa shape index (κ3) is 5.44. The van der Waals surface area contributed by atoms with Crippen LogP contribution in [0.25, 0.3) is 0 Å². The van der Waals surface area contributed by atoms with E-state index in [2.05, 4.69) is 20.8 Å². The highest BCUT2D eigenvalue weighted by atomic mass is 35.5. The Morgan fingerprint density at radius 1 is 1.22 bits per heavy atom. The number of aromatic nitrogens is 2. The van der Waals surface area contributed by atoms with E-state index in [1.807, 2.05) is 19.1 Å². The van der Waals surface area contributed by atoms with Crippen LogP contribution < -0.4 is 4.72 Å². The first-order chi connectivity index (χ1) is 12.7. The van der Waals surface area contributed by atoms with Crippen molar-refractivity contribution in [1.82, 2.24) is 19.6 Å². The maximum absolute atomic E-state index is 12.5. The quantitative estimate of drug-likeness (QED) is 0.831. The monoisotopic (exact) mass is 411 g/mol. The number of piperazine rings is 1. The number of nitrogens with one attached hydrogen (secondary N) is 1. The van der Waals surface area contributed by atoms with Gasteiger partial charge in [0.25, 0.3) is 0 Å². The van der Waals surface area contributed by atoms with Crippen LogP contribution in [0.2, 0.25) is 5.02 Å². The van der Waals surface area contributed by atoms with E-state index in [0.717, 1.165) is 46.7 Å². The molecule has 2 heterocycles. The van der Waals surface area contributed by atoms with Crippen molar-refractivity contribution < 1.29 is 13.2 Å². The summed E-state index contributed by atoms with van der Waals surface area (Å²) in [6.07, 6.45) is 3.74. The Bertz CT molecular complexity index is 916. The van der Waals surface area contributed by atoms with E-state index >= 15 is 0 Å². The standard InChI is InChI=1S/C17H22ClN5O3S/c1-13-7-14(9-15(18)8-13)11-21-3-5-22(6-4-21)17(24)23-12-16(10-19-23)20-27(2,25)26/h7-10,12,20H,3-6,11H2,1-2H3. The van der Waals surface area contributed by atoms with Crippen LogP contribution in [0.1, 0.15) is 11.1 Å². The lowest BCUT2D eigenvalue weighted by molar-refractivity contribution is 0.134. The van der Waals surface area contributed by atoms with Crippen LogP contribution >= 0.6 is 11.6 Å². The summed E-state index contributed by atoms with van der Waals surface area (Å²) in [6.45, 7) is 5.44. The first-order valence-corrected chi connectivity index (χ1v) is 10.8. The van der Waals surface area contributed by atoms with Crippen LogP contribution in [0.3, 0.4) is 0 Å². The van der Waals surface area contributed by atoms with E-state index in [1.165, 1.54) is 12.4 Å². The second kappa shape index (κ2) is 7.87. The number of amides is 1. The molecule has 1 fully saturated rings. The van der Waals surface area contributed by atoms with Gasteiger partial charge in [-0.05, 0) is 30.2 Å². The van der Waals surface area contributed by atoms with Gasteiger partial charge < -0.3 is 4.90 Å². The predicted octanol–water partition coefficient (Wildman–Crippen LogP) is 2.00. The number of hydrogen-bond donors (Lipinski definition) is 1. The lowest BCUT2D eigenvalue weighted by Gasteiger charge is -2.34. The minimum Gasteiger partial charge on any atom is -0.320 e. The van der Waals surface area contributed by atoms with E-state index in [1.54, 1.807) is 4.90 Å². The van der Waals surface area contributed by atoms with Gasteiger partial charge in [0, 0.05) is 37.7 Å². The topological polar surface area (TPSA) is 87.5 Å². The average Bonchev–Trinajstić information content (AvgIpc) is 3.00.